The smallest absolute Gasteiger partial charge is 0.275 e. The number of pyridine rings is 1. The summed E-state index contributed by atoms with van der Waals surface area (Å²) in [5.74, 6) is -2.57. The summed E-state index contributed by atoms with van der Waals surface area (Å²) in [6.07, 6.45) is 16.0. The lowest BCUT2D eigenvalue weighted by Gasteiger charge is -2.32. The van der Waals surface area contributed by atoms with Crippen LogP contribution in [-0.2, 0) is 24.2 Å². The zero-order valence-electron chi connectivity index (χ0n) is 35.5. The number of nitrogens with one attached hydrogen (secondary N) is 2. The van der Waals surface area contributed by atoms with Crippen molar-refractivity contribution in [2.75, 3.05) is 14.1 Å². The number of carbonyl (C=O) groups is 2. The molecule has 16 heteroatoms. The molecule has 2 amide bonds. The summed E-state index contributed by atoms with van der Waals surface area (Å²) in [7, 11) is 2.83. The van der Waals surface area contributed by atoms with E-state index in [2.05, 4.69) is 54.1 Å². The van der Waals surface area contributed by atoms with Gasteiger partial charge in [0.25, 0.3) is 22.7 Å². The SMILES string of the molecule is CC.CC.CNC(=O)c1nn(CC2(n3ccc4c(C)ccnc43)CCCC2)cc(O)c1=O.CNC(=O)c1nn(CC2(n3ccc4ccc(F)cc43)CCCC2)cc(O)c1=O. The number of amides is 2. The summed E-state index contributed by atoms with van der Waals surface area (Å²) in [6.45, 7) is 10.8. The van der Waals surface area contributed by atoms with E-state index in [1.807, 2.05) is 52.2 Å². The number of nitrogens with zero attached hydrogens (tertiary/aromatic N) is 7. The molecule has 0 unspecified atom stereocenters. The van der Waals surface area contributed by atoms with E-state index in [9.17, 15) is 33.8 Å². The van der Waals surface area contributed by atoms with Gasteiger partial charge in [0.2, 0.25) is 0 Å². The minimum atomic E-state index is -0.801. The molecular formula is C44H56FN9O6. The van der Waals surface area contributed by atoms with E-state index in [4.69, 9.17) is 0 Å². The molecule has 5 heterocycles. The Kier molecular flexibility index (Phi) is 14.3. The van der Waals surface area contributed by atoms with Gasteiger partial charge in [-0.15, -0.1) is 0 Å². The first-order valence-electron chi connectivity index (χ1n) is 20.6. The fourth-order valence-corrected chi connectivity index (χ4v) is 8.43. The quantitative estimate of drug-likeness (QED) is 0.135. The lowest BCUT2D eigenvalue weighted by atomic mass is 9.96. The summed E-state index contributed by atoms with van der Waals surface area (Å²) >= 11 is 0. The molecule has 320 valence electrons. The molecule has 60 heavy (non-hydrogen) atoms. The number of aryl methyl sites for hydroxylation is 1. The second kappa shape index (κ2) is 19.2. The number of halogens is 1. The predicted octanol–water partition coefficient (Wildman–Crippen LogP) is 6.36. The van der Waals surface area contributed by atoms with E-state index < -0.39 is 34.2 Å². The van der Waals surface area contributed by atoms with Gasteiger partial charge >= 0.3 is 0 Å². The van der Waals surface area contributed by atoms with Crippen LogP contribution in [0.4, 0.5) is 4.39 Å². The molecule has 2 fully saturated rings. The average molecular weight is 826 g/mol. The van der Waals surface area contributed by atoms with E-state index in [1.165, 1.54) is 48.0 Å². The second-order valence-electron chi connectivity index (χ2n) is 14.7. The molecule has 2 saturated carbocycles. The van der Waals surface area contributed by atoms with Crippen LogP contribution in [0.3, 0.4) is 0 Å². The maximum absolute atomic E-state index is 13.9. The fourth-order valence-electron chi connectivity index (χ4n) is 8.43. The third kappa shape index (κ3) is 8.82. The molecule has 0 radical (unpaired) electrons. The van der Waals surface area contributed by atoms with E-state index in [1.54, 1.807) is 6.07 Å². The van der Waals surface area contributed by atoms with Gasteiger partial charge in [-0.3, -0.25) is 28.5 Å². The third-order valence-corrected chi connectivity index (χ3v) is 11.2. The Morgan fingerprint density at radius 2 is 1.22 bits per heavy atom. The predicted molar refractivity (Wildman–Crippen MR) is 229 cm³/mol. The lowest BCUT2D eigenvalue weighted by molar-refractivity contribution is 0.0944. The van der Waals surface area contributed by atoms with Gasteiger partial charge in [-0.05, 0) is 80.0 Å². The summed E-state index contributed by atoms with van der Waals surface area (Å²) in [4.78, 5) is 52.7. The Morgan fingerprint density at radius 3 is 1.72 bits per heavy atom. The van der Waals surface area contributed by atoms with Gasteiger partial charge in [-0.1, -0.05) is 53.4 Å². The largest absolute Gasteiger partial charge is 0.503 e. The van der Waals surface area contributed by atoms with Crippen molar-refractivity contribution in [3.63, 3.8) is 0 Å². The van der Waals surface area contributed by atoms with Crippen molar-refractivity contribution in [3.05, 3.63) is 111 Å². The first-order chi connectivity index (χ1) is 28.9. The zero-order valence-corrected chi connectivity index (χ0v) is 35.5. The van der Waals surface area contributed by atoms with Crippen LogP contribution < -0.4 is 21.5 Å². The van der Waals surface area contributed by atoms with E-state index >= 15 is 0 Å². The van der Waals surface area contributed by atoms with Crippen molar-refractivity contribution < 1.29 is 24.2 Å². The molecule has 15 nitrogen and oxygen atoms in total. The van der Waals surface area contributed by atoms with Crippen LogP contribution in [-0.4, -0.2) is 69.8 Å². The Labute approximate surface area is 347 Å². The van der Waals surface area contributed by atoms with Crippen molar-refractivity contribution >= 4 is 33.8 Å². The summed E-state index contributed by atoms with van der Waals surface area (Å²) in [5.41, 5.74) is -0.0122. The highest BCUT2D eigenvalue weighted by molar-refractivity contribution is 5.92. The van der Waals surface area contributed by atoms with Gasteiger partial charge in [0.15, 0.2) is 22.9 Å². The van der Waals surface area contributed by atoms with Gasteiger partial charge in [0.05, 0.1) is 42.1 Å². The average Bonchev–Trinajstić information content (AvgIpc) is 4.09. The first kappa shape index (κ1) is 44.8. The fraction of sp³-hybridized carbons (Fsp3) is 0.432. The van der Waals surface area contributed by atoms with E-state index in [0.29, 0.717) is 13.1 Å². The van der Waals surface area contributed by atoms with Gasteiger partial charge < -0.3 is 30.0 Å². The van der Waals surface area contributed by atoms with Gasteiger partial charge in [0, 0.05) is 38.1 Å². The summed E-state index contributed by atoms with van der Waals surface area (Å²) < 4.78 is 21.1. The van der Waals surface area contributed by atoms with Crippen molar-refractivity contribution in [3.8, 4) is 11.5 Å². The molecule has 8 rings (SSSR count). The van der Waals surface area contributed by atoms with E-state index in [-0.39, 0.29) is 28.3 Å². The number of aromatic hydroxyl groups is 2. The standard InChI is InChI=1S/C20H21FN4O3.C20H23N5O3.2C2H6/c1-22-19(28)17-18(27)16(26)11-24(23-17)12-20(7-2-3-8-20)25-9-6-13-4-5-14(21)10-15(13)25;1-13-5-9-22-18-14(13)6-10-25(18)20(7-3-4-8-20)12-24-11-15(26)17(27)16(23-24)19(28)21-2;2*1-2/h4-6,9-11,26H,2-3,7-8,12H2,1H3,(H,22,28);5-6,9-11,26H,3-4,7-8,12H2,1-2H3,(H,21,28);2*1-2H3. The minimum Gasteiger partial charge on any atom is -0.503 e. The van der Waals surface area contributed by atoms with Gasteiger partial charge in [-0.2, -0.15) is 10.2 Å². The Bertz CT molecular complexity index is 2480. The molecule has 2 aliphatic rings. The highest BCUT2D eigenvalue weighted by atomic mass is 19.1. The number of aromatic nitrogens is 7. The molecule has 0 saturated heterocycles. The Hall–Kier alpha value is -6.32. The number of rotatable bonds is 8. The molecule has 1 aromatic carbocycles. The summed E-state index contributed by atoms with van der Waals surface area (Å²) in [6, 6.07) is 10.7. The Balaban J connectivity index is 0.000000210. The second-order valence-corrected chi connectivity index (χ2v) is 14.7. The molecule has 5 aromatic heterocycles. The normalized spacial score (nSPS) is 14.9. The third-order valence-electron chi connectivity index (χ3n) is 11.2. The zero-order chi connectivity index (χ0) is 43.8. The van der Waals surface area contributed by atoms with E-state index in [0.717, 1.165) is 78.9 Å². The maximum Gasteiger partial charge on any atom is 0.275 e. The maximum atomic E-state index is 13.9. The van der Waals surface area contributed by atoms with Crippen molar-refractivity contribution in [2.45, 2.75) is 110 Å². The van der Waals surface area contributed by atoms with Gasteiger partial charge in [0.1, 0.15) is 11.5 Å². The van der Waals surface area contributed by atoms with Crippen LogP contribution in [0.1, 0.15) is 106 Å². The van der Waals surface area contributed by atoms with Crippen molar-refractivity contribution in [2.24, 2.45) is 0 Å². The molecular weight excluding hydrogens is 770 g/mol. The summed E-state index contributed by atoms with van der Waals surface area (Å²) in [5, 5.41) is 35.3. The lowest BCUT2D eigenvalue weighted by Crippen LogP contribution is -2.37. The van der Waals surface area contributed by atoms with Crippen molar-refractivity contribution in [1.29, 1.82) is 0 Å². The molecule has 0 aliphatic heterocycles. The van der Waals surface area contributed by atoms with Crippen molar-refractivity contribution in [1.82, 2.24) is 44.3 Å². The molecule has 6 aromatic rings. The topological polar surface area (TPSA) is 191 Å². The minimum absolute atomic E-state index is 0.281. The van der Waals surface area contributed by atoms with Crippen LogP contribution in [0, 0.1) is 12.7 Å². The Morgan fingerprint density at radius 1 is 0.733 bits per heavy atom. The number of benzene rings is 1. The highest BCUT2D eigenvalue weighted by Gasteiger charge is 2.39. The highest BCUT2D eigenvalue weighted by Crippen LogP contribution is 2.42. The molecule has 0 bridgehead atoms. The monoisotopic (exact) mass is 825 g/mol. The molecule has 4 N–H and O–H groups in total. The van der Waals surface area contributed by atoms with Crippen LogP contribution >= 0.6 is 0 Å². The number of hydrogen-bond acceptors (Lipinski definition) is 9. The molecule has 0 atom stereocenters. The molecule has 0 spiro atoms. The first-order valence-corrected chi connectivity index (χ1v) is 20.6. The van der Waals surface area contributed by atoms with Crippen LogP contribution in [0.15, 0.2) is 77.0 Å². The number of carbonyl (C=O) groups excluding carboxylic acids is 2. The number of fused-ring (bicyclic) bond motifs is 2. The number of hydrogen-bond donors (Lipinski definition) is 4. The van der Waals surface area contributed by atoms with Crippen LogP contribution in [0.25, 0.3) is 21.9 Å². The van der Waals surface area contributed by atoms with Crippen LogP contribution in [0.5, 0.6) is 11.5 Å². The van der Waals surface area contributed by atoms with Gasteiger partial charge in [-0.25, -0.2) is 9.37 Å². The van der Waals surface area contributed by atoms with Crippen LogP contribution in [0.2, 0.25) is 0 Å². The molecule has 2 aliphatic carbocycles.